The Labute approximate surface area is 178 Å². The highest BCUT2D eigenvalue weighted by Crippen LogP contribution is 2.41. The number of amides is 2. The van der Waals surface area contributed by atoms with Crippen LogP contribution in [0.25, 0.3) is 10.1 Å². The van der Waals surface area contributed by atoms with Crippen molar-refractivity contribution >= 4 is 33.2 Å². The highest BCUT2D eigenvalue weighted by Gasteiger charge is 2.35. The molecule has 0 N–H and O–H groups in total. The van der Waals surface area contributed by atoms with Gasteiger partial charge in [0.1, 0.15) is 0 Å². The molecule has 0 saturated carbocycles. The molecule has 2 aliphatic heterocycles. The number of ether oxygens (including phenoxy) is 1. The lowest BCUT2D eigenvalue weighted by Crippen LogP contribution is -2.40. The number of imidazole rings is 1. The zero-order chi connectivity index (χ0) is 20.7. The van der Waals surface area contributed by atoms with E-state index in [1.165, 1.54) is 0 Å². The number of morpholine rings is 1. The van der Waals surface area contributed by atoms with E-state index in [4.69, 9.17) is 4.74 Å². The van der Waals surface area contributed by atoms with Crippen molar-refractivity contribution in [1.29, 1.82) is 0 Å². The Bertz CT molecular complexity index is 1100. The molecule has 2 amide bonds. The summed E-state index contributed by atoms with van der Waals surface area (Å²) in [5, 5.41) is 1.13. The monoisotopic (exact) mass is 424 g/mol. The van der Waals surface area contributed by atoms with Crippen molar-refractivity contribution in [3.05, 3.63) is 52.9 Å². The van der Waals surface area contributed by atoms with Gasteiger partial charge >= 0.3 is 0 Å². The Morgan fingerprint density at radius 3 is 2.67 bits per heavy atom. The van der Waals surface area contributed by atoms with Crippen LogP contribution in [0.1, 0.15) is 38.2 Å². The van der Waals surface area contributed by atoms with Crippen LogP contribution in [0.15, 0.2) is 36.7 Å². The summed E-state index contributed by atoms with van der Waals surface area (Å²) in [7, 11) is 1.83. The maximum absolute atomic E-state index is 13.4. The Morgan fingerprint density at radius 1 is 1.10 bits per heavy atom. The zero-order valence-electron chi connectivity index (χ0n) is 16.9. The summed E-state index contributed by atoms with van der Waals surface area (Å²) in [5.74, 6) is 0.634. The van der Waals surface area contributed by atoms with E-state index in [1.54, 1.807) is 28.3 Å². The molecule has 4 heterocycles. The molecule has 0 spiro atoms. The number of hydrogen-bond acceptors (Lipinski definition) is 5. The molecule has 2 aromatic heterocycles. The second kappa shape index (κ2) is 7.85. The molecule has 3 aromatic rings. The van der Waals surface area contributed by atoms with Crippen LogP contribution in [0.5, 0.6) is 0 Å². The van der Waals surface area contributed by atoms with E-state index < -0.39 is 0 Å². The Kier molecular flexibility index (Phi) is 5.04. The predicted octanol–water partition coefficient (Wildman–Crippen LogP) is 2.74. The molecule has 0 unspecified atom stereocenters. The molecule has 2 fully saturated rings. The first-order valence-electron chi connectivity index (χ1n) is 10.3. The van der Waals surface area contributed by atoms with Gasteiger partial charge in [-0.3, -0.25) is 9.59 Å². The number of hydrogen-bond donors (Lipinski definition) is 0. The van der Waals surface area contributed by atoms with Crippen LogP contribution < -0.4 is 0 Å². The van der Waals surface area contributed by atoms with E-state index in [2.05, 4.69) is 17.1 Å². The SMILES string of the molecule is Cn1ccnc1C(=O)N1CC[C@@H](c2c(C(=O)N3CCOCC3)sc3ccccc23)C1. The molecule has 156 valence electrons. The first kappa shape index (κ1) is 19.3. The summed E-state index contributed by atoms with van der Waals surface area (Å²) < 4.78 is 8.29. The molecular weight excluding hydrogens is 400 g/mol. The molecule has 0 radical (unpaired) electrons. The van der Waals surface area contributed by atoms with E-state index in [0.29, 0.717) is 45.2 Å². The Hall–Kier alpha value is -2.71. The lowest BCUT2D eigenvalue weighted by atomic mass is 9.94. The van der Waals surface area contributed by atoms with Gasteiger partial charge in [0, 0.05) is 56.2 Å². The molecule has 30 heavy (non-hydrogen) atoms. The van der Waals surface area contributed by atoms with Crippen LogP contribution in [-0.2, 0) is 11.8 Å². The van der Waals surface area contributed by atoms with Crippen molar-refractivity contribution < 1.29 is 14.3 Å². The molecule has 2 aliphatic rings. The Morgan fingerprint density at radius 2 is 1.90 bits per heavy atom. The number of aryl methyl sites for hydroxylation is 1. The van der Waals surface area contributed by atoms with Crippen LogP contribution in [0.4, 0.5) is 0 Å². The summed E-state index contributed by atoms with van der Waals surface area (Å²) in [6.45, 7) is 3.70. The third-order valence-corrected chi connectivity index (χ3v) is 7.20. The first-order chi connectivity index (χ1) is 14.6. The van der Waals surface area contributed by atoms with Crippen molar-refractivity contribution in [2.24, 2.45) is 7.05 Å². The summed E-state index contributed by atoms with van der Waals surface area (Å²) in [6.07, 6.45) is 4.28. The second-order valence-corrected chi connectivity index (χ2v) is 8.90. The van der Waals surface area contributed by atoms with Crippen LogP contribution in [0.2, 0.25) is 0 Å². The molecule has 0 aliphatic carbocycles. The van der Waals surface area contributed by atoms with Crippen molar-refractivity contribution in [2.45, 2.75) is 12.3 Å². The van der Waals surface area contributed by atoms with E-state index in [1.807, 2.05) is 29.0 Å². The van der Waals surface area contributed by atoms with Gasteiger partial charge in [-0.15, -0.1) is 11.3 Å². The fraction of sp³-hybridized carbons (Fsp3) is 0.409. The lowest BCUT2D eigenvalue weighted by molar-refractivity contribution is 0.0305. The van der Waals surface area contributed by atoms with Crippen LogP contribution in [0.3, 0.4) is 0 Å². The number of carbonyl (C=O) groups is 2. The normalized spacial score (nSPS) is 19.6. The van der Waals surface area contributed by atoms with Gasteiger partial charge in [0.05, 0.1) is 18.1 Å². The number of likely N-dealkylation sites (tertiary alicyclic amines) is 1. The minimum absolute atomic E-state index is 0.0504. The summed E-state index contributed by atoms with van der Waals surface area (Å²) in [4.78, 5) is 35.1. The number of benzene rings is 1. The number of aromatic nitrogens is 2. The zero-order valence-corrected chi connectivity index (χ0v) is 17.7. The third-order valence-electron chi connectivity index (χ3n) is 6.02. The van der Waals surface area contributed by atoms with Gasteiger partial charge < -0.3 is 19.1 Å². The average molecular weight is 425 g/mol. The average Bonchev–Trinajstić information content (AvgIpc) is 3.51. The highest BCUT2D eigenvalue weighted by molar-refractivity contribution is 7.21. The van der Waals surface area contributed by atoms with Crippen molar-refractivity contribution in [2.75, 3.05) is 39.4 Å². The maximum atomic E-state index is 13.4. The van der Waals surface area contributed by atoms with Crippen LogP contribution in [0, 0.1) is 0 Å². The minimum atomic E-state index is -0.0504. The topological polar surface area (TPSA) is 67.7 Å². The Balaban J connectivity index is 1.47. The van der Waals surface area contributed by atoms with Gasteiger partial charge in [-0.1, -0.05) is 18.2 Å². The van der Waals surface area contributed by atoms with Crippen molar-refractivity contribution in [1.82, 2.24) is 19.4 Å². The molecule has 0 bridgehead atoms. The van der Waals surface area contributed by atoms with E-state index in [-0.39, 0.29) is 17.7 Å². The minimum Gasteiger partial charge on any atom is -0.378 e. The van der Waals surface area contributed by atoms with E-state index in [0.717, 1.165) is 26.9 Å². The summed E-state index contributed by atoms with van der Waals surface area (Å²) in [5.41, 5.74) is 1.10. The van der Waals surface area contributed by atoms with Gasteiger partial charge in [-0.25, -0.2) is 4.98 Å². The lowest BCUT2D eigenvalue weighted by Gasteiger charge is -2.27. The molecule has 1 atom stereocenters. The smallest absolute Gasteiger partial charge is 0.289 e. The van der Waals surface area contributed by atoms with Crippen LogP contribution in [-0.4, -0.2) is 70.6 Å². The number of carbonyl (C=O) groups excluding carboxylic acids is 2. The summed E-state index contributed by atoms with van der Waals surface area (Å²) >= 11 is 1.57. The van der Waals surface area contributed by atoms with Crippen molar-refractivity contribution in [3.8, 4) is 0 Å². The largest absolute Gasteiger partial charge is 0.378 e. The van der Waals surface area contributed by atoms with Crippen molar-refractivity contribution in [3.63, 3.8) is 0 Å². The first-order valence-corrected chi connectivity index (χ1v) is 11.1. The van der Waals surface area contributed by atoms with Gasteiger partial charge in [0.15, 0.2) is 5.82 Å². The maximum Gasteiger partial charge on any atom is 0.289 e. The molecule has 2 saturated heterocycles. The summed E-state index contributed by atoms with van der Waals surface area (Å²) in [6, 6.07) is 8.20. The van der Waals surface area contributed by atoms with Gasteiger partial charge in [0.2, 0.25) is 0 Å². The number of nitrogens with zero attached hydrogens (tertiary/aromatic N) is 4. The fourth-order valence-corrected chi connectivity index (χ4v) is 5.69. The fourth-order valence-electron chi connectivity index (χ4n) is 4.43. The van der Waals surface area contributed by atoms with Gasteiger partial charge in [-0.2, -0.15) is 0 Å². The molecule has 8 heteroatoms. The van der Waals surface area contributed by atoms with Gasteiger partial charge in [-0.05, 0) is 23.4 Å². The number of rotatable bonds is 3. The molecule has 5 rings (SSSR count). The van der Waals surface area contributed by atoms with E-state index >= 15 is 0 Å². The number of thiophene rings is 1. The van der Waals surface area contributed by atoms with Crippen LogP contribution >= 0.6 is 11.3 Å². The molecular formula is C22H24N4O3S. The predicted molar refractivity (Wildman–Crippen MR) is 115 cm³/mol. The second-order valence-electron chi connectivity index (χ2n) is 7.84. The number of fused-ring (bicyclic) bond motifs is 1. The van der Waals surface area contributed by atoms with Gasteiger partial charge in [0.25, 0.3) is 11.8 Å². The standard InChI is InChI=1S/C22H24N4O3S/c1-24-9-7-23-20(24)22(28)26-8-6-15(14-26)18-16-4-2-3-5-17(16)30-19(18)21(27)25-10-12-29-13-11-25/h2-5,7,9,15H,6,8,10-14H2,1H3/t15-/m1/s1. The highest BCUT2D eigenvalue weighted by atomic mass is 32.1. The molecule has 1 aromatic carbocycles. The third kappa shape index (κ3) is 3.30. The molecule has 7 nitrogen and oxygen atoms in total. The van der Waals surface area contributed by atoms with E-state index in [9.17, 15) is 9.59 Å². The quantitative estimate of drug-likeness (QED) is 0.648.